The van der Waals surface area contributed by atoms with Gasteiger partial charge in [0.1, 0.15) is 5.52 Å². The lowest BCUT2D eigenvalue weighted by Gasteiger charge is -2.26. The SMILES string of the molecule is CC(C)c1nc2cc(NC(=O)CC3CNC3)ccc2o1. The van der Waals surface area contributed by atoms with Gasteiger partial charge in [0, 0.05) is 18.0 Å². The Morgan fingerprint density at radius 2 is 2.30 bits per heavy atom. The Morgan fingerprint density at radius 1 is 1.50 bits per heavy atom. The highest BCUT2D eigenvalue weighted by Crippen LogP contribution is 2.24. The van der Waals surface area contributed by atoms with Crippen LogP contribution in [0.5, 0.6) is 0 Å². The van der Waals surface area contributed by atoms with Crippen LogP contribution in [0.25, 0.3) is 11.1 Å². The number of fused-ring (bicyclic) bond motifs is 1. The zero-order valence-electron chi connectivity index (χ0n) is 11.8. The topological polar surface area (TPSA) is 67.2 Å². The second-order valence-corrected chi connectivity index (χ2v) is 5.67. The van der Waals surface area contributed by atoms with Crippen molar-refractivity contribution in [3.05, 3.63) is 24.1 Å². The molecule has 2 aromatic rings. The first-order chi connectivity index (χ1) is 9.61. The Balaban J connectivity index is 1.72. The van der Waals surface area contributed by atoms with Gasteiger partial charge >= 0.3 is 0 Å². The maximum atomic E-state index is 11.9. The van der Waals surface area contributed by atoms with Crippen LogP contribution in [-0.2, 0) is 4.79 Å². The van der Waals surface area contributed by atoms with Crippen molar-refractivity contribution in [2.45, 2.75) is 26.2 Å². The van der Waals surface area contributed by atoms with E-state index in [-0.39, 0.29) is 11.8 Å². The van der Waals surface area contributed by atoms with E-state index in [0.717, 1.165) is 35.8 Å². The first kappa shape index (κ1) is 13.1. The number of nitrogens with one attached hydrogen (secondary N) is 2. The second kappa shape index (κ2) is 5.25. The molecule has 5 heteroatoms. The maximum Gasteiger partial charge on any atom is 0.224 e. The minimum atomic E-state index is 0.0587. The molecular formula is C15H19N3O2. The molecule has 1 aromatic heterocycles. The Morgan fingerprint density at radius 3 is 2.95 bits per heavy atom. The number of amides is 1. The van der Waals surface area contributed by atoms with Crippen LogP contribution in [0.4, 0.5) is 5.69 Å². The van der Waals surface area contributed by atoms with Crippen LogP contribution >= 0.6 is 0 Å². The molecule has 1 aromatic carbocycles. The summed E-state index contributed by atoms with van der Waals surface area (Å²) in [6.07, 6.45) is 0.571. The van der Waals surface area contributed by atoms with Gasteiger partial charge in [-0.25, -0.2) is 4.98 Å². The molecule has 1 aliphatic heterocycles. The summed E-state index contributed by atoms with van der Waals surface area (Å²) >= 11 is 0. The van der Waals surface area contributed by atoms with E-state index in [2.05, 4.69) is 15.6 Å². The zero-order chi connectivity index (χ0) is 14.1. The van der Waals surface area contributed by atoms with E-state index >= 15 is 0 Å². The molecule has 1 aliphatic rings. The van der Waals surface area contributed by atoms with Crippen molar-refractivity contribution < 1.29 is 9.21 Å². The monoisotopic (exact) mass is 273 g/mol. The first-order valence-electron chi connectivity index (χ1n) is 7.03. The van der Waals surface area contributed by atoms with Gasteiger partial charge in [-0.2, -0.15) is 0 Å². The van der Waals surface area contributed by atoms with Gasteiger partial charge in [0.2, 0.25) is 5.91 Å². The molecule has 0 atom stereocenters. The molecule has 0 spiro atoms. The van der Waals surface area contributed by atoms with E-state index in [9.17, 15) is 4.79 Å². The first-order valence-corrected chi connectivity index (χ1v) is 7.03. The lowest BCUT2D eigenvalue weighted by molar-refractivity contribution is -0.117. The Bertz CT molecular complexity index is 629. The van der Waals surface area contributed by atoms with Crippen LogP contribution in [-0.4, -0.2) is 24.0 Å². The fraction of sp³-hybridized carbons (Fsp3) is 0.467. The molecule has 1 saturated heterocycles. The van der Waals surface area contributed by atoms with Gasteiger partial charge in [0.05, 0.1) is 0 Å². The van der Waals surface area contributed by atoms with Crippen molar-refractivity contribution in [1.29, 1.82) is 0 Å². The number of carbonyl (C=O) groups is 1. The minimum Gasteiger partial charge on any atom is -0.440 e. The van der Waals surface area contributed by atoms with Crippen LogP contribution in [0.3, 0.4) is 0 Å². The minimum absolute atomic E-state index is 0.0587. The second-order valence-electron chi connectivity index (χ2n) is 5.67. The third-order valence-corrected chi connectivity index (χ3v) is 3.52. The number of carbonyl (C=O) groups excluding carboxylic acids is 1. The van der Waals surface area contributed by atoms with E-state index in [4.69, 9.17) is 4.42 Å². The van der Waals surface area contributed by atoms with Gasteiger partial charge in [-0.05, 0) is 37.2 Å². The van der Waals surface area contributed by atoms with E-state index in [1.54, 1.807) is 0 Å². The summed E-state index contributed by atoms with van der Waals surface area (Å²) in [5.41, 5.74) is 2.32. The van der Waals surface area contributed by atoms with Gasteiger partial charge in [0.25, 0.3) is 0 Å². The number of rotatable bonds is 4. The third kappa shape index (κ3) is 2.67. The molecule has 20 heavy (non-hydrogen) atoms. The zero-order valence-corrected chi connectivity index (χ0v) is 11.8. The van der Waals surface area contributed by atoms with Crippen molar-refractivity contribution in [1.82, 2.24) is 10.3 Å². The van der Waals surface area contributed by atoms with E-state index in [1.165, 1.54) is 0 Å². The van der Waals surface area contributed by atoms with Gasteiger partial charge in [0.15, 0.2) is 11.5 Å². The summed E-state index contributed by atoms with van der Waals surface area (Å²) in [4.78, 5) is 16.3. The highest BCUT2D eigenvalue weighted by molar-refractivity contribution is 5.93. The predicted octanol–water partition coefficient (Wildman–Crippen LogP) is 2.50. The number of aromatic nitrogens is 1. The standard InChI is InChI=1S/C15H19N3O2/c1-9(2)15-18-12-6-11(3-4-13(12)20-15)17-14(19)5-10-7-16-8-10/h3-4,6,9-10,16H,5,7-8H2,1-2H3,(H,17,19). The molecule has 5 nitrogen and oxygen atoms in total. The van der Waals surface area contributed by atoms with Crippen LogP contribution in [0.15, 0.2) is 22.6 Å². The number of hydrogen-bond donors (Lipinski definition) is 2. The highest BCUT2D eigenvalue weighted by atomic mass is 16.3. The molecular weight excluding hydrogens is 254 g/mol. The van der Waals surface area contributed by atoms with Crippen LogP contribution in [0.1, 0.15) is 32.1 Å². The Kier molecular flexibility index (Phi) is 3.44. The average Bonchev–Trinajstić information content (AvgIpc) is 2.77. The Labute approximate surface area is 117 Å². The molecule has 3 rings (SSSR count). The predicted molar refractivity (Wildman–Crippen MR) is 77.7 cm³/mol. The van der Waals surface area contributed by atoms with Crippen LogP contribution in [0.2, 0.25) is 0 Å². The van der Waals surface area contributed by atoms with E-state index < -0.39 is 0 Å². The molecule has 2 N–H and O–H groups in total. The number of oxazole rings is 1. The third-order valence-electron chi connectivity index (χ3n) is 3.52. The largest absolute Gasteiger partial charge is 0.440 e. The molecule has 0 aliphatic carbocycles. The Hall–Kier alpha value is -1.88. The molecule has 106 valence electrons. The molecule has 0 bridgehead atoms. The number of nitrogens with zero attached hydrogens (tertiary/aromatic N) is 1. The fourth-order valence-electron chi connectivity index (χ4n) is 2.24. The van der Waals surface area contributed by atoms with Crippen LogP contribution in [0, 0.1) is 5.92 Å². The summed E-state index contributed by atoms with van der Waals surface area (Å²) in [6.45, 7) is 5.96. The summed E-state index contributed by atoms with van der Waals surface area (Å²) in [6, 6.07) is 5.57. The molecule has 0 unspecified atom stereocenters. The van der Waals surface area contributed by atoms with Gasteiger partial charge < -0.3 is 15.1 Å². The highest BCUT2D eigenvalue weighted by Gasteiger charge is 2.20. The smallest absolute Gasteiger partial charge is 0.224 e. The van der Waals surface area contributed by atoms with Gasteiger partial charge in [-0.3, -0.25) is 4.79 Å². The fourth-order valence-corrected chi connectivity index (χ4v) is 2.24. The molecule has 1 amide bonds. The molecule has 0 radical (unpaired) electrons. The molecule has 2 heterocycles. The van der Waals surface area contributed by atoms with Gasteiger partial charge in [-0.15, -0.1) is 0 Å². The van der Waals surface area contributed by atoms with Crippen molar-refractivity contribution in [2.75, 3.05) is 18.4 Å². The van der Waals surface area contributed by atoms with Crippen molar-refractivity contribution >= 4 is 22.7 Å². The molecule has 1 fully saturated rings. The van der Waals surface area contributed by atoms with Gasteiger partial charge in [-0.1, -0.05) is 13.8 Å². The average molecular weight is 273 g/mol. The number of anilines is 1. The van der Waals surface area contributed by atoms with Crippen molar-refractivity contribution in [2.24, 2.45) is 5.92 Å². The summed E-state index contributed by atoms with van der Waals surface area (Å²) < 4.78 is 5.65. The van der Waals surface area contributed by atoms with Crippen molar-refractivity contribution in [3.8, 4) is 0 Å². The lowest BCUT2D eigenvalue weighted by atomic mass is 9.99. The maximum absolute atomic E-state index is 11.9. The van der Waals surface area contributed by atoms with E-state index in [0.29, 0.717) is 12.3 Å². The lowest BCUT2D eigenvalue weighted by Crippen LogP contribution is -2.43. The van der Waals surface area contributed by atoms with Crippen LogP contribution < -0.4 is 10.6 Å². The van der Waals surface area contributed by atoms with Crippen molar-refractivity contribution in [3.63, 3.8) is 0 Å². The quantitative estimate of drug-likeness (QED) is 0.898. The number of hydrogen-bond acceptors (Lipinski definition) is 4. The normalized spacial score (nSPS) is 15.6. The van der Waals surface area contributed by atoms with E-state index in [1.807, 2.05) is 32.0 Å². The summed E-state index contributed by atoms with van der Waals surface area (Å²) in [5.74, 6) is 1.51. The summed E-state index contributed by atoms with van der Waals surface area (Å²) in [5, 5.41) is 6.09. The summed E-state index contributed by atoms with van der Waals surface area (Å²) in [7, 11) is 0. The molecule has 0 saturated carbocycles. The number of benzene rings is 1.